The summed E-state index contributed by atoms with van der Waals surface area (Å²) in [5, 5.41) is 9.81. The van der Waals surface area contributed by atoms with E-state index in [-0.39, 0.29) is 17.6 Å². The van der Waals surface area contributed by atoms with E-state index in [4.69, 9.17) is 4.99 Å². The van der Waals surface area contributed by atoms with Crippen molar-refractivity contribution in [3.05, 3.63) is 81.5 Å². The van der Waals surface area contributed by atoms with Crippen LogP contribution in [0.15, 0.2) is 75.3 Å². The van der Waals surface area contributed by atoms with Crippen LogP contribution in [0.25, 0.3) is 0 Å². The Hall–Kier alpha value is -2.51. The normalized spacial score (nSPS) is 24.9. The molecule has 1 heterocycles. The van der Waals surface area contributed by atoms with Gasteiger partial charge < -0.3 is 0 Å². The number of carbonyl (C=O) groups is 1. The lowest BCUT2D eigenvalue weighted by molar-refractivity contribution is -0.116. The van der Waals surface area contributed by atoms with Crippen molar-refractivity contribution in [2.24, 2.45) is 10.9 Å². The molecule has 0 saturated heterocycles. The predicted molar refractivity (Wildman–Crippen MR) is 110 cm³/mol. The van der Waals surface area contributed by atoms with Gasteiger partial charge in [-0.3, -0.25) is 9.79 Å². The van der Waals surface area contributed by atoms with Crippen LogP contribution in [0, 0.1) is 17.2 Å². The third-order valence-electron chi connectivity index (χ3n) is 5.54. The summed E-state index contributed by atoms with van der Waals surface area (Å²) in [6.07, 6.45) is 1.21. The van der Waals surface area contributed by atoms with Crippen molar-refractivity contribution < 1.29 is 4.79 Å². The van der Waals surface area contributed by atoms with Crippen LogP contribution in [-0.4, -0.2) is 11.5 Å². The molecule has 0 spiro atoms. The number of allylic oxidation sites excluding steroid dienone is 2. The van der Waals surface area contributed by atoms with Gasteiger partial charge in [0.2, 0.25) is 0 Å². The first-order chi connectivity index (χ1) is 13.1. The second kappa shape index (κ2) is 7.25. The molecular weight excluding hydrogens is 400 g/mol. The summed E-state index contributed by atoms with van der Waals surface area (Å²) in [6.45, 7) is 1.90. The molecule has 2 aromatic rings. The van der Waals surface area contributed by atoms with Crippen LogP contribution in [0.3, 0.4) is 0 Å². The summed E-state index contributed by atoms with van der Waals surface area (Å²) >= 11 is 3.61. The minimum Gasteiger partial charge on any atom is -0.294 e. The zero-order valence-electron chi connectivity index (χ0n) is 15.0. The highest BCUT2D eigenvalue weighted by Crippen LogP contribution is 2.47. The Balaban J connectivity index is 1.82. The number of Topliss-reactive ketones (excluding diaryl/α,β-unsaturated/α-hetero) is 1. The minimum atomic E-state index is -0.417. The molecule has 4 heteroatoms. The molecule has 2 aliphatic rings. The Morgan fingerprint density at radius 2 is 1.78 bits per heavy atom. The molecule has 2 aromatic carbocycles. The number of carbonyl (C=O) groups excluding carboxylic acids is 1. The number of hydrogen-bond donors (Lipinski definition) is 0. The summed E-state index contributed by atoms with van der Waals surface area (Å²) in [6, 6.07) is 20.4. The van der Waals surface area contributed by atoms with Crippen molar-refractivity contribution in [1.82, 2.24) is 0 Å². The smallest absolute Gasteiger partial charge is 0.161 e. The lowest BCUT2D eigenvalue weighted by Crippen LogP contribution is -2.32. The van der Waals surface area contributed by atoms with Crippen molar-refractivity contribution in [2.75, 3.05) is 0 Å². The standard InChI is InChI=1S/C23H19BrN2O/c1-14-18(13-25)22(17-9-5-6-10-19(17)24)23-20(26-14)11-16(12-21(23)27)15-7-3-2-4-8-15/h2-10,16,18,22H,11-12H2,1H3/t16-,18?,22-/m1/s1. The van der Waals surface area contributed by atoms with Gasteiger partial charge in [-0.2, -0.15) is 5.26 Å². The fraction of sp³-hybridized carbons (Fsp3) is 0.261. The Bertz CT molecular complexity index is 1000. The monoisotopic (exact) mass is 418 g/mol. The van der Waals surface area contributed by atoms with E-state index in [2.05, 4.69) is 34.1 Å². The first kappa shape index (κ1) is 17.9. The van der Waals surface area contributed by atoms with Gasteiger partial charge in [0.1, 0.15) is 0 Å². The lowest BCUT2D eigenvalue weighted by atomic mass is 9.69. The quantitative estimate of drug-likeness (QED) is 0.641. The van der Waals surface area contributed by atoms with Gasteiger partial charge in [-0.25, -0.2) is 0 Å². The number of aliphatic imine (C=N–C) groups is 1. The van der Waals surface area contributed by atoms with Crippen LogP contribution in [0.1, 0.15) is 42.7 Å². The van der Waals surface area contributed by atoms with Crippen LogP contribution in [0.2, 0.25) is 0 Å². The molecule has 3 nitrogen and oxygen atoms in total. The number of halogens is 1. The van der Waals surface area contributed by atoms with E-state index in [1.165, 1.54) is 5.56 Å². The number of rotatable bonds is 2. The third kappa shape index (κ3) is 3.17. The maximum absolute atomic E-state index is 13.2. The molecule has 3 atom stereocenters. The zero-order valence-corrected chi connectivity index (χ0v) is 16.6. The van der Waals surface area contributed by atoms with Crippen LogP contribution < -0.4 is 0 Å². The van der Waals surface area contributed by atoms with Gasteiger partial charge in [0.15, 0.2) is 5.78 Å². The highest BCUT2D eigenvalue weighted by Gasteiger charge is 2.41. The SMILES string of the molecule is CC1=NC2=C(C(=O)C[C@H](c3ccccc3)C2)[C@H](c2ccccc2Br)C1C#N. The van der Waals surface area contributed by atoms with Gasteiger partial charge >= 0.3 is 0 Å². The fourth-order valence-electron chi connectivity index (χ4n) is 4.25. The Labute approximate surface area is 167 Å². The van der Waals surface area contributed by atoms with Crippen molar-refractivity contribution in [3.63, 3.8) is 0 Å². The van der Waals surface area contributed by atoms with Gasteiger partial charge in [-0.05, 0) is 36.5 Å². The van der Waals surface area contributed by atoms with E-state index in [0.717, 1.165) is 33.4 Å². The van der Waals surface area contributed by atoms with E-state index >= 15 is 0 Å². The molecule has 0 saturated carbocycles. The predicted octanol–water partition coefficient (Wildman–Crippen LogP) is 5.55. The first-order valence-corrected chi connectivity index (χ1v) is 9.90. The maximum Gasteiger partial charge on any atom is 0.161 e. The van der Waals surface area contributed by atoms with Crippen molar-refractivity contribution in [3.8, 4) is 6.07 Å². The van der Waals surface area contributed by atoms with Crippen LogP contribution >= 0.6 is 15.9 Å². The molecule has 0 fully saturated rings. The lowest BCUT2D eigenvalue weighted by Gasteiger charge is -2.35. The van der Waals surface area contributed by atoms with Crippen LogP contribution in [-0.2, 0) is 4.79 Å². The third-order valence-corrected chi connectivity index (χ3v) is 6.26. The molecule has 134 valence electrons. The van der Waals surface area contributed by atoms with Crippen molar-refractivity contribution in [2.45, 2.75) is 31.6 Å². The van der Waals surface area contributed by atoms with Crippen molar-refractivity contribution >= 4 is 27.4 Å². The first-order valence-electron chi connectivity index (χ1n) is 9.10. The average molecular weight is 419 g/mol. The Morgan fingerprint density at radius 3 is 2.48 bits per heavy atom. The summed E-state index contributed by atoms with van der Waals surface area (Å²) in [5.74, 6) is -0.420. The largest absolute Gasteiger partial charge is 0.294 e. The number of benzene rings is 2. The summed E-state index contributed by atoms with van der Waals surface area (Å²) in [5.41, 5.74) is 4.53. The summed E-state index contributed by atoms with van der Waals surface area (Å²) < 4.78 is 0.926. The fourth-order valence-corrected chi connectivity index (χ4v) is 4.78. The molecule has 1 aliphatic heterocycles. The van der Waals surface area contributed by atoms with Gasteiger partial charge in [0.05, 0.1) is 12.0 Å². The molecule has 27 heavy (non-hydrogen) atoms. The molecule has 0 radical (unpaired) electrons. The number of nitriles is 1. The molecular formula is C23H19BrN2O. The van der Waals surface area contributed by atoms with E-state index in [0.29, 0.717) is 6.42 Å². The Kier molecular flexibility index (Phi) is 4.80. The average Bonchev–Trinajstić information content (AvgIpc) is 2.68. The van der Waals surface area contributed by atoms with Gasteiger partial charge in [-0.15, -0.1) is 0 Å². The number of ketones is 1. The Morgan fingerprint density at radius 1 is 1.07 bits per heavy atom. The van der Waals surface area contributed by atoms with E-state index in [1.54, 1.807) is 0 Å². The van der Waals surface area contributed by atoms with E-state index in [1.807, 2.05) is 49.4 Å². The molecule has 1 aliphatic carbocycles. The molecule has 0 amide bonds. The molecule has 4 rings (SSSR count). The number of hydrogen-bond acceptors (Lipinski definition) is 3. The second-order valence-electron chi connectivity index (χ2n) is 7.16. The van der Waals surface area contributed by atoms with Crippen molar-refractivity contribution in [1.29, 1.82) is 5.26 Å². The maximum atomic E-state index is 13.2. The van der Waals surface area contributed by atoms with Gasteiger partial charge in [-0.1, -0.05) is 64.5 Å². The highest BCUT2D eigenvalue weighted by atomic mass is 79.9. The molecule has 0 N–H and O–H groups in total. The van der Waals surface area contributed by atoms with Gasteiger partial charge in [0, 0.05) is 33.8 Å². The van der Waals surface area contributed by atoms with Crippen LogP contribution in [0.5, 0.6) is 0 Å². The van der Waals surface area contributed by atoms with E-state index in [9.17, 15) is 10.1 Å². The highest BCUT2D eigenvalue weighted by molar-refractivity contribution is 9.10. The molecule has 1 unspecified atom stereocenters. The van der Waals surface area contributed by atoms with Gasteiger partial charge in [0.25, 0.3) is 0 Å². The zero-order chi connectivity index (χ0) is 19.0. The second-order valence-corrected chi connectivity index (χ2v) is 8.01. The number of nitrogens with zero attached hydrogens (tertiary/aromatic N) is 2. The molecule has 0 bridgehead atoms. The topological polar surface area (TPSA) is 53.2 Å². The van der Waals surface area contributed by atoms with Crippen LogP contribution in [0.4, 0.5) is 0 Å². The van der Waals surface area contributed by atoms with E-state index < -0.39 is 5.92 Å². The summed E-state index contributed by atoms with van der Waals surface area (Å²) in [7, 11) is 0. The summed E-state index contributed by atoms with van der Waals surface area (Å²) in [4.78, 5) is 17.9. The molecule has 0 aromatic heterocycles. The minimum absolute atomic E-state index is 0.113.